The molecule has 20 heavy (non-hydrogen) atoms. The molecule has 4 nitrogen and oxygen atoms in total. The molecular weight excluding hydrogens is 272 g/mol. The monoisotopic (exact) mass is 288 g/mol. The Morgan fingerprint density at radius 2 is 2.30 bits per heavy atom. The van der Waals surface area contributed by atoms with Crippen molar-refractivity contribution < 1.29 is 9.21 Å². The Morgan fingerprint density at radius 1 is 1.45 bits per heavy atom. The van der Waals surface area contributed by atoms with E-state index in [4.69, 9.17) is 4.42 Å². The standard InChI is InChI=1S/C15H16N2O2S/c1-10(2)17-12-5-7-20-14(12)8-13(17)15(18)16-9-11-4-3-6-19-11/h3-8,10H,9H2,1-2H3,(H,16,18). The Morgan fingerprint density at radius 3 is 3.00 bits per heavy atom. The summed E-state index contributed by atoms with van der Waals surface area (Å²) >= 11 is 1.65. The minimum Gasteiger partial charge on any atom is -0.467 e. The van der Waals surface area contributed by atoms with E-state index >= 15 is 0 Å². The number of thiophene rings is 1. The molecule has 0 fully saturated rings. The lowest BCUT2D eigenvalue weighted by molar-refractivity contribution is 0.0938. The first-order chi connectivity index (χ1) is 9.66. The Labute approximate surface area is 121 Å². The number of rotatable bonds is 4. The van der Waals surface area contributed by atoms with Gasteiger partial charge in [-0.05, 0) is 43.5 Å². The lowest BCUT2D eigenvalue weighted by Gasteiger charge is -2.13. The number of nitrogens with zero attached hydrogens (tertiary/aromatic N) is 1. The molecule has 0 aliphatic rings. The van der Waals surface area contributed by atoms with E-state index < -0.39 is 0 Å². The molecule has 3 aromatic heterocycles. The number of hydrogen-bond acceptors (Lipinski definition) is 3. The van der Waals surface area contributed by atoms with Gasteiger partial charge in [-0.1, -0.05) is 0 Å². The van der Waals surface area contributed by atoms with Gasteiger partial charge in [-0.25, -0.2) is 0 Å². The van der Waals surface area contributed by atoms with Gasteiger partial charge in [-0.15, -0.1) is 11.3 Å². The van der Waals surface area contributed by atoms with Crippen LogP contribution in [0.25, 0.3) is 10.2 Å². The van der Waals surface area contributed by atoms with Gasteiger partial charge in [0.1, 0.15) is 11.5 Å². The van der Waals surface area contributed by atoms with E-state index in [-0.39, 0.29) is 11.9 Å². The molecule has 1 N–H and O–H groups in total. The first-order valence-electron chi connectivity index (χ1n) is 6.56. The van der Waals surface area contributed by atoms with Crippen molar-refractivity contribution in [1.82, 2.24) is 9.88 Å². The molecule has 5 heteroatoms. The van der Waals surface area contributed by atoms with Gasteiger partial charge < -0.3 is 14.3 Å². The predicted octanol–water partition coefficient (Wildman–Crippen LogP) is 3.81. The van der Waals surface area contributed by atoms with Gasteiger partial charge in [0.25, 0.3) is 5.91 Å². The largest absolute Gasteiger partial charge is 0.467 e. The Hall–Kier alpha value is -2.01. The van der Waals surface area contributed by atoms with Crippen molar-refractivity contribution in [2.24, 2.45) is 0 Å². The zero-order valence-electron chi connectivity index (χ0n) is 11.4. The normalized spacial score (nSPS) is 11.3. The van der Waals surface area contributed by atoms with Crippen LogP contribution in [-0.4, -0.2) is 10.5 Å². The number of amides is 1. The smallest absolute Gasteiger partial charge is 0.268 e. The van der Waals surface area contributed by atoms with Crippen molar-refractivity contribution in [3.05, 3.63) is 47.4 Å². The first-order valence-corrected chi connectivity index (χ1v) is 7.44. The fourth-order valence-corrected chi connectivity index (χ4v) is 3.16. The van der Waals surface area contributed by atoms with E-state index in [1.807, 2.05) is 23.6 Å². The molecule has 0 aliphatic heterocycles. The molecule has 0 aliphatic carbocycles. The minimum atomic E-state index is -0.0708. The summed E-state index contributed by atoms with van der Waals surface area (Å²) in [6, 6.07) is 7.92. The summed E-state index contributed by atoms with van der Waals surface area (Å²) in [6.45, 7) is 4.57. The van der Waals surface area contributed by atoms with Crippen molar-refractivity contribution in [3.8, 4) is 0 Å². The molecule has 3 heterocycles. The van der Waals surface area contributed by atoms with Crippen LogP contribution in [0.4, 0.5) is 0 Å². The van der Waals surface area contributed by atoms with Crippen LogP contribution in [-0.2, 0) is 6.54 Å². The molecule has 0 aromatic carbocycles. The van der Waals surface area contributed by atoms with Crippen LogP contribution in [0.15, 0.2) is 40.3 Å². The van der Waals surface area contributed by atoms with E-state index in [9.17, 15) is 4.79 Å². The first kappa shape index (κ1) is 13.0. The third-order valence-corrected chi connectivity index (χ3v) is 4.07. The van der Waals surface area contributed by atoms with E-state index in [0.29, 0.717) is 12.2 Å². The van der Waals surface area contributed by atoms with Gasteiger partial charge in [-0.2, -0.15) is 0 Å². The highest BCUT2D eigenvalue weighted by molar-refractivity contribution is 7.17. The zero-order chi connectivity index (χ0) is 14.1. The van der Waals surface area contributed by atoms with Gasteiger partial charge in [0.15, 0.2) is 0 Å². The maximum Gasteiger partial charge on any atom is 0.268 e. The molecule has 0 bridgehead atoms. The van der Waals surface area contributed by atoms with Crippen LogP contribution in [0.3, 0.4) is 0 Å². The van der Waals surface area contributed by atoms with Crippen LogP contribution < -0.4 is 5.32 Å². The summed E-state index contributed by atoms with van der Waals surface area (Å²) in [5.74, 6) is 0.682. The van der Waals surface area contributed by atoms with E-state index in [0.717, 1.165) is 16.0 Å². The summed E-state index contributed by atoms with van der Waals surface area (Å²) in [5.41, 5.74) is 1.82. The van der Waals surface area contributed by atoms with Crippen LogP contribution in [0, 0.1) is 0 Å². The summed E-state index contributed by atoms with van der Waals surface area (Å²) in [6.07, 6.45) is 1.61. The molecule has 0 unspecified atom stereocenters. The molecule has 104 valence electrons. The van der Waals surface area contributed by atoms with Crippen LogP contribution >= 0.6 is 11.3 Å². The molecule has 0 saturated heterocycles. The van der Waals surface area contributed by atoms with Gasteiger partial charge in [0.05, 0.1) is 23.0 Å². The predicted molar refractivity (Wildman–Crippen MR) is 80.1 cm³/mol. The minimum absolute atomic E-state index is 0.0708. The second-order valence-corrected chi connectivity index (χ2v) is 5.87. The number of carbonyl (C=O) groups excluding carboxylic acids is 1. The molecular formula is C15H16N2O2S. The summed E-state index contributed by atoms with van der Waals surface area (Å²) in [7, 11) is 0. The van der Waals surface area contributed by atoms with Gasteiger partial charge in [0.2, 0.25) is 0 Å². The second kappa shape index (κ2) is 5.17. The maximum atomic E-state index is 12.4. The van der Waals surface area contributed by atoms with Crippen molar-refractivity contribution >= 4 is 27.5 Å². The Bertz CT molecular complexity index is 722. The van der Waals surface area contributed by atoms with Crippen molar-refractivity contribution in [2.45, 2.75) is 26.4 Å². The van der Waals surface area contributed by atoms with E-state index in [2.05, 4.69) is 29.8 Å². The fraction of sp³-hybridized carbons (Fsp3) is 0.267. The zero-order valence-corrected chi connectivity index (χ0v) is 12.2. The number of carbonyl (C=O) groups is 1. The lowest BCUT2D eigenvalue weighted by atomic mass is 10.3. The van der Waals surface area contributed by atoms with E-state index in [1.54, 1.807) is 17.6 Å². The number of nitrogens with one attached hydrogen (secondary N) is 1. The maximum absolute atomic E-state index is 12.4. The summed E-state index contributed by atoms with van der Waals surface area (Å²) in [5, 5.41) is 4.95. The molecule has 3 rings (SSSR count). The average Bonchev–Trinajstić information content (AvgIpc) is 3.10. The highest BCUT2D eigenvalue weighted by Gasteiger charge is 2.18. The van der Waals surface area contributed by atoms with Crippen molar-refractivity contribution in [2.75, 3.05) is 0 Å². The molecule has 0 atom stereocenters. The third kappa shape index (κ3) is 2.25. The number of hydrogen-bond donors (Lipinski definition) is 1. The molecule has 3 aromatic rings. The SMILES string of the molecule is CC(C)n1c(C(=O)NCc2ccco2)cc2sccc21. The summed E-state index contributed by atoms with van der Waals surface area (Å²) < 4.78 is 8.44. The Balaban J connectivity index is 1.87. The highest BCUT2D eigenvalue weighted by Crippen LogP contribution is 2.28. The van der Waals surface area contributed by atoms with Gasteiger partial charge in [-0.3, -0.25) is 4.79 Å². The summed E-state index contributed by atoms with van der Waals surface area (Å²) in [4.78, 5) is 12.4. The van der Waals surface area contributed by atoms with Gasteiger partial charge in [0, 0.05) is 6.04 Å². The molecule has 1 amide bonds. The average molecular weight is 288 g/mol. The van der Waals surface area contributed by atoms with Crippen molar-refractivity contribution in [3.63, 3.8) is 0 Å². The van der Waals surface area contributed by atoms with Crippen LogP contribution in [0.1, 0.15) is 36.1 Å². The number of fused-ring (bicyclic) bond motifs is 1. The molecule has 0 saturated carbocycles. The van der Waals surface area contributed by atoms with Crippen LogP contribution in [0.2, 0.25) is 0 Å². The fourth-order valence-electron chi connectivity index (χ4n) is 2.35. The van der Waals surface area contributed by atoms with E-state index in [1.165, 1.54) is 0 Å². The number of aromatic nitrogens is 1. The van der Waals surface area contributed by atoms with Crippen LogP contribution in [0.5, 0.6) is 0 Å². The second-order valence-electron chi connectivity index (χ2n) is 4.93. The number of furan rings is 1. The highest BCUT2D eigenvalue weighted by atomic mass is 32.1. The molecule has 0 spiro atoms. The van der Waals surface area contributed by atoms with Crippen molar-refractivity contribution in [1.29, 1.82) is 0 Å². The lowest BCUT2D eigenvalue weighted by Crippen LogP contribution is -2.25. The topological polar surface area (TPSA) is 47.2 Å². The molecule has 0 radical (unpaired) electrons. The quantitative estimate of drug-likeness (QED) is 0.793. The third-order valence-electron chi connectivity index (χ3n) is 3.21. The Kier molecular flexibility index (Phi) is 3.36. The van der Waals surface area contributed by atoms with Gasteiger partial charge >= 0.3 is 0 Å².